The molecule has 0 saturated heterocycles. The van der Waals surface area contributed by atoms with E-state index in [0.717, 1.165) is 48.6 Å². The lowest BCUT2D eigenvalue weighted by Crippen LogP contribution is -2.50. The third-order valence-electron chi connectivity index (χ3n) is 10.0. The molecular weight excluding hydrogens is 628 g/mol. The Bertz CT molecular complexity index is 1680. The van der Waals surface area contributed by atoms with Gasteiger partial charge in [-0.25, -0.2) is 14.8 Å². The Morgan fingerprint density at radius 3 is 1.67 bits per heavy atom. The fraction of sp³-hybridized carbons (Fsp3) is 0.629. The molecule has 4 fully saturated rings. The van der Waals surface area contributed by atoms with Crippen molar-refractivity contribution in [3.8, 4) is 0 Å². The van der Waals surface area contributed by atoms with E-state index < -0.39 is 5.60 Å². The second-order valence-corrected chi connectivity index (χ2v) is 15.0. The number of nitrogens with two attached hydrogens (primary N) is 1. The van der Waals surface area contributed by atoms with Crippen LogP contribution < -0.4 is 21.7 Å². The van der Waals surface area contributed by atoms with Gasteiger partial charge >= 0.3 is 6.09 Å². The van der Waals surface area contributed by atoms with Crippen LogP contribution in [0.15, 0.2) is 36.7 Å². The maximum Gasteiger partial charge on any atom is 0.407 e. The fourth-order valence-electron chi connectivity index (χ4n) is 7.46. The summed E-state index contributed by atoms with van der Waals surface area (Å²) in [6.45, 7) is 5.62. The third kappa shape index (κ3) is 7.97. The molecule has 0 bridgehead atoms. The SMILES string of the molecule is CC(C)(C)OC(=O)NC1CC(Nc2cc(C3CCCC3)nc3ccnn23)C1.Cl.NC1CC(Nc2cc(C3CCCC3)nc3ccnn23)C1. The van der Waals surface area contributed by atoms with Crippen molar-refractivity contribution in [2.45, 2.75) is 139 Å². The second-order valence-electron chi connectivity index (χ2n) is 15.0. The van der Waals surface area contributed by atoms with Crippen LogP contribution in [0.2, 0.25) is 0 Å². The summed E-state index contributed by atoms with van der Waals surface area (Å²) in [6, 6.07) is 9.60. The molecule has 260 valence electrons. The van der Waals surface area contributed by atoms with Crippen LogP contribution in [-0.2, 0) is 4.74 Å². The number of carbonyl (C=O) groups excluding carboxylic acids is 1. The number of fused-ring (bicyclic) bond motifs is 2. The number of halogens is 1. The molecule has 4 aliphatic rings. The molecule has 8 rings (SSSR count). The molecule has 1 amide bonds. The van der Waals surface area contributed by atoms with Crippen LogP contribution in [0.3, 0.4) is 0 Å². The van der Waals surface area contributed by atoms with E-state index in [-0.39, 0.29) is 24.5 Å². The highest BCUT2D eigenvalue weighted by Crippen LogP contribution is 2.36. The van der Waals surface area contributed by atoms with E-state index >= 15 is 0 Å². The lowest BCUT2D eigenvalue weighted by Gasteiger charge is -2.37. The van der Waals surface area contributed by atoms with Gasteiger partial charge in [0.05, 0.1) is 12.4 Å². The average molecular weight is 679 g/mol. The molecule has 13 heteroatoms. The number of ether oxygens (including phenoxy) is 1. The Hall–Kier alpha value is -3.64. The van der Waals surface area contributed by atoms with E-state index in [1.807, 2.05) is 48.1 Å². The Balaban J connectivity index is 0.000000170. The third-order valence-corrected chi connectivity index (χ3v) is 10.0. The van der Waals surface area contributed by atoms with Crippen molar-refractivity contribution in [3.05, 3.63) is 48.0 Å². The molecule has 12 nitrogen and oxygen atoms in total. The van der Waals surface area contributed by atoms with Crippen LogP contribution in [0.25, 0.3) is 11.3 Å². The van der Waals surface area contributed by atoms with Gasteiger partial charge in [-0.3, -0.25) is 0 Å². The van der Waals surface area contributed by atoms with Gasteiger partial charge < -0.3 is 26.4 Å². The number of nitrogens with one attached hydrogen (secondary N) is 3. The van der Waals surface area contributed by atoms with Crippen molar-refractivity contribution in [2.75, 3.05) is 10.6 Å². The first-order chi connectivity index (χ1) is 22.7. The molecule has 4 aliphatic carbocycles. The smallest absolute Gasteiger partial charge is 0.407 e. The van der Waals surface area contributed by atoms with Gasteiger partial charge in [0.1, 0.15) is 17.2 Å². The predicted octanol–water partition coefficient (Wildman–Crippen LogP) is 6.56. The zero-order valence-electron chi connectivity index (χ0n) is 28.4. The Morgan fingerprint density at radius 2 is 1.23 bits per heavy atom. The average Bonchev–Trinajstić information content (AvgIpc) is 3.82. The molecule has 4 aromatic heterocycles. The quantitative estimate of drug-likeness (QED) is 0.170. The van der Waals surface area contributed by atoms with Crippen molar-refractivity contribution in [2.24, 2.45) is 5.73 Å². The number of aromatic nitrogens is 6. The molecule has 0 aromatic carbocycles. The van der Waals surface area contributed by atoms with Crippen molar-refractivity contribution < 1.29 is 9.53 Å². The molecular formula is C35H51ClN10O2. The zero-order chi connectivity index (χ0) is 32.5. The highest BCUT2D eigenvalue weighted by Gasteiger charge is 2.33. The minimum atomic E-state index is -0.467. The minimum Gasteiger partial charge on any atom is -0.444 e. The van der Waals surface area contributed by atoms with E-state index in [9.17, 15) is 4.79 Å². The molecule has 0 unspecified atom stereocenters. The molecule has 0 atom stereocenters. The lowest BCUT2D eigenvalue weighted by molar-refractivity contribution is 0.0475. The van der Waals surface area contributed by atoms with E-state index in [1.165, 1.54) is 62.8 Å². The number of hydrogen-bond acceptors (Lipinski definition) is 9. The highest BCUT2D eigenvalue weighted by atomic mass is 35.5. The van der Waals surface area contributed by atoms with Gasteiger partial charge in [0.25, 0.3) is 0 Å². The maximum absolute atomic E-state index is 11.9. The van der Waals surface area contributed by atoms with Gasteiger partial charge in [-0.1, -0.05) is 25.7 Å². The zero-order valence-corrected chi connectivity index (χ0v) is 29.2. The number of rotatable bonds is 7. The van der Waals surface area contributed by atoms with Crippen molar-refractivity contribution in [3.63, 3.8) is 0 Å². The first kappa shape index (κ1) is 34.2. The first-order valence-electron chi connectivity index (χ1n) is 17.6. The van der Waals surface area contributed by atoms with Gasteiger partial charge in [-0.2, -0.15) is 19.2 Å². The fourth-order valence-corrected chi connectivity index (χ4v) is 7.46. The summed E-state index contributed by atoms with van der Waals surface area (Å²) in [5.41, 5.74) is 9.64. The molecule has 4 aromatic rings. The van der Waals surface area contributed by atoms with Crippen molar-refractivity contribution in [1.29, 1.82) is 0 Å². The minimum absolute atomic E-state index is 0. The highest BCUT2D eigenvalue weighted by molar-refractivity contribution is 5.85. The summed E-state index contributed by atoms with van der Waals surface area (Å²) >= 11 is 0. The van der Waals surface area contributed by atoms with Crippen LogP contribution in [0, 0.1) is 0 Å². The van der Waals surface area contributed by atoms with E-state index in [2.05, 4.69) is 38.3 Å². The summed E-state index contributed by atoms with van der Waals surface area (Å²) in [6.07, 6.45) is 17.3. The number of alkyl carbamates (subject to hydrolysis) is 1. The molecule has 0 spiro atoms. The first-order valence-corrected chi connectivity index (χ1v) is 17.6. The molecule has 0 radical (unpaired) electrons. The van der Waals surface area contributed by atoms with E-state index in [1.54, 1.807) is 6.20 Å². The molecule has 0 aliphatic heterocycles. The number of amides is 1. The van der Waals surface area contributed by atoms with Crippen molar-refractivity contribution >= 4 is 41.4 Å². The number of carbonyl (C=O) groups is 1. The topological polar surface area (TPSA) is 149 Å². The molecule has 48 heavy (non-hydrogen) atoms. The summed E-state index contributed by atoms with van der Waals surface area (Å²) in [5.74, 6) is 3.25. The molecule has 4 saturated carbocycles. The van der Waals surface area contributed by atoms with Gasteiger partial charge in [0.15, 0.2) is 11.3 Å². The van der Waals surface area contributed by atoms with Gasteiger partial charge in [0, 0.05) is 71.7 Å². The summed E-state index contributed by atoms with van der Waals surface area (Å²) in [7, 11) is 0. The van der Waals surface area contributed by atoms with Gasteiger partial charge in [-0.05, 0) is 72.1 Å². The van der Waals surface area contributed by atoms with Gasteiger partial charge in [0.2, 0.25) is 0 Å². The lowest BCUT2D eigenvalue weighted by atomic mass is 9.87. The Morgan fingerprint density at radius 1 is 0.771 bits per heavy atom. The normalized spacial score (nSPS) is 24.2. The van der Waals surface area contributed by atoms with Crippen LogP contribution >= 0.6 is 12.4 Å². The van der Waals surface area contributed by atoms with E-state index in [4.69, 9.17) is 20.4 Å². The Kier molecular flexibility index (Phi) is 10.3. The van der Waals surface area contributed by atoms with Crippen LogP contribution in [0.1, 0.15) is 121 Å². The van der Waals surface area contributed by atoms with Gasteiger partial charge in [-0.15, -0.1) is 12.4 Å². The predicted molar refractivity (Wildman–Crippen MR) is 190 cm³/mol. The summed E-state index contributed by atoms with van der Waals surface area (Å²) in [4.78, 5) is 21.5. The van der Waals surface area contributed by atoms with Crippen LogP contribution in [0.5, 0.6) is 0 Å². The number of anilines is 2. The Labute approximate surface area is 288 Å². The largest absolute Gasteiger partial charge is 0.444 e. The van der Waals surface area contributed by atoms with Crippen molar-refractivity contribution in [1.82, 2.24) is 34.5 Å². The monoisotopic (exact) mass is 678 g/mol. The molecule has 5 N–H and O–H groups in total. The summed E-state index contributed by atoms with van der Waals surface area (Å²) < 4.78 is 9.10. The van der Waals surface area contributed by atoms with E-state index in [0.29, 0.717) is 30.0 Å². The number of hydrogen-bond donors (Lipinski definition) is 4. The summed E-state index contributed by atoms with van der Waals surface area (Å²) in [5, 5.41) is 18.9. The van der Waals surface area contributed by atoms with Crippen LogP contribution in [-0.4, -0.2) is 65.1 Å². The molecule has 4 heterocycles. The van der Waals surface area contributed by atoms with Crippen LogP contribution in [0.4, 0.5) is 16.4 Å². The number of nitrogens with zero attached hydrogens (tertiary/aromatic N) is 6. The standard InChI is InChI=1S/C20H29N5O2.C15H21N5.ClH/c1-20(2,3)27-19(26)23-15-10-14(11-15)22-18-12-16(13-6-4-5-7-13)24-17-8-9-21-25(17)18;16-11-7-12(8-11)18-15-9-13(10-3-1-2-4-10)19-14-5-6-17-20(14)15;/h8-9,12-15,22H,4-7,10-11H2,1-3H3,(H,23,26);5-6,9-12,18H,1-4,7-8,16H2;1H. The maximum atomic E-state index is 11.9. The second kappa shape index (κ2) is 14.5.